The lowest BCUT2D eigenvalue weighted by atomic mass is 10.0. The van der Waals surface area contributed by atoms with Crippen LogP contribution in [0.4, 0.5) is 0 Å². The minimum Gasteiger partial charge on any atom is -0.462 e. The number of esters is 2. The van der Waals surface area contributed by atoms with E-state index in [-0.39, 0.29) is 31.6 Å². The van der Waals surface area contributed by atoms with Crippen molar-refractivity contribution in [1.29, 1.82) is 0 Å². The molecule has 5 heteroatoms. The maximum absolute atomic E-state index is 12.3. The van der Waals surface area contributed by atoms with Crippen molar-refractivity contribution in [3.63, 3.8) is 0 Å². The lowest BCUT2D eigenvalue weighted by Crippen LogP contribution is -2.28. The van der Waals surface area contributed by atoms with Crippen LogP contribution in [-0.4, -0.2) is 36.4 Å². The first-order valence-corrected chi connectivity index (χ1v) is 34.4. The molecule has 0 spiro atoms. The molecule has 466 valence electrons. The number of rotatable bonds is 62. The third-order valence-corrected chi connectivity index (χ3v) is 14.6. The summed E-state index contributed by atoms with van der Waals surface area (Å²) < 4.78 is 10.7. The van der Waals surface area contributed by atoms with Gasteiger partial charge in [0.15, 0.2) is 6.10 Å². The second-order valence-corrected chi connectivity index (χ2v) is 22.5. The van der Waals surface area contributed by atoms with Gasteiger partial charge in [-0.25, -0.2) is 0 Å². The van der Waals surface area contributed by atoms with Gasteiger partial charge < -0.3 is 14.6 Å². The van der Waals surface area contributed by atoms with Crippen LogP contribution in [0.25, 0.3) is 0 Å². The van der Waals surface area contributed by atoms with Crippen LogP contribution in [-0.2, 0) is 19.1 Å². The standard InChI is InChI=1S/C77H128O5/c1-3-5-7-9-11-13-15-17-19-21-23-25-27-29-31-33-34-35-36-37-38-39-40-41-42-44-45-47-49-51-53-55-57-59-61-63-65-67-69-71-76(79)81-74-75(73-78)82-77(80)72-70-68-66-64-62-60-58-56-54-52-50-48-46-43-32-30-28-26-24-22-20-18-16-14-12-10-8-6-4-2/h6,8,12,14-15,17-18,20-21,23-24,26-27,29-30,32,46,48,52,54,58,60,64,66,75,78H,3-5,7,9-11,13,16,19,22,25,28,31,33-45,47,49-51,53,55-57,59,61-63,65,67-74H2,1-2H3/b8-6-,14-12-,17-15-,20-18-,23-21-,26-24-,29-27-,32-30-,48-46-,54-52-,60-58-,66-64-. The summed E-state index contributed by atoms with van der Waals surface area (Å²) in [4.78, 5) is 24.6. The quantitative estimate of drug-likeness (QED) is 0.0373. The Morgan fingerprint density at radius 1 is 0.293 bits per heavy atom. The molecule has 5 nitrogen and oxygen atoms in total. The van der Waals surface area contributed by atoms with Gasteiger partial charge in [0.25, 0.3) is 0 Å². The summed E-state index contributed by atoms with van der Waals surface area (Å²) in [6.45, 7) is 3.98. The number of ether oxygens (including phenoxy) is 2. The highest BCUT2D eigenvalue weighted by Gasteiger charge is 2.16. The van der Waals surface area contributed by atoms with E-state index in [1.54, 1.807) is 0 Å². The molecule has 0 aliphatic carbocycles. The van der Waals surface area contributed by atoms with Gasteiger partial charge in [0.1, 0.15) is 6.61 Å². The van der Waals surface area contributed by atoms with E-state index in [0.717, 1.165) is 96.3 Å². The van der Waals surface area contributed by atoms with Gasteiger partial charge in [0.2, 0.25) is 0 Å². The Bertz CT molecular complexity index is 1710. The molecule has 0 amide bonds. The van der Waals surface area contributed by atoms with E-state index >= 15 is 0 Å². The second kappa shape index (κ2) is 71.0. The molecule has 0 aliphatic heterocycles. The van der Waals surface area contributed by atoms with E-state index in [1.165, 1.54) is 180 Å². The first-order chi connectivity index (χ1) is 40.6. The van der Waals surface area contributed by atoms with Crippen LogP contribution in [0.1, 0.15) is 309 Å². The van der Waals surface area contributed by atoms with Crippen LogP contribution in [0.5, 0.6) is 0 Å². The fraction of sp³-hybridized carbons (Fsp3) is 0.662. The van der Waals surface area contributed by atoms with E-state index in [1.807, 2.05) is 0 Å². The van der Waals surface area contributed by atoms with Gasteiger partial charge in [-0.05, 0) is 116 Å². The Morgan fingerprint density at radius 3 is 0.829 bits per heavy atom. The Balaban J connectivity index is 3.53. The molecule has 0 saturated carbocycles. The Labute approximate surface area is 508 Å². The predicted octanol–water partition coefficient (Wildman–Crippen LogP) is 24.1. The van der Waals surface area contributed by atoms with Gasteiger partial charge in [-0.3, -0.25) is 9.59 Å². The van der Waals surface area contributed by atoms with Crippen LogP contribution < -0.4 is 0 Å². The minimum absolute atomic E-state index is 0.0952. The van der Waals surface area contributed by atoms with Crippen molar-refractivity contribution in [2.45, 2.75) is 315 Å². The molecular formula is C77H128O5. The average Bonchev–Trinajstić information content (AvgIpc) is 3.49. The number of carbonyl (C=O) groups is 2. The van der Waals surface area contributed by atoms with Crippen molar-refractivity contribution < 1.29 is 24.2 Å². The van der Waals surface area contributed by atoms with Crippen molar-refractivity contribution >= 4 is 11.9 Å². The number of hydrogen-bond acceptors (Lipinski definition) is 5. The van der Waals surface area contributed by atoms with Crippen LogP contribution in [0.2, 0.25) is 0 Å². The van der Waals surface area contributed by atoms with Crippen molar-refractivity contribution in [3.05, 3.63) is 146 Å². The number of aliphatic hydroxyl groups excluding tert-OH is 1. The van der Waals surface area contributed by atoms with Crippen molar-refractivity contribution in [2.24, 2.45) is 0 Å². The summed E-state index contributed by atoms with van der Waals surface area (Å²) in [6.07, 6.45) is 107. The van der Waals surface area contributed by atoms with Gasteiger partial charge in [0, 0.05) is 12.8 Å². The van der Waals surface area contributed by atoms with Gasteiger partial charge in [-0.1, -0.05) is 327 Å². The fourth-order valence-electron chi connectivity index (χ4n) is 9.51. The minimum atomic E-state index is -0.813. The van der Waals surface area contributed by atoms with E-state index in [4.69, 9.17) is 9.47 Å². The molecule has 0 rings (SSSR count). The van der Waals surface area contributed by atoms with E-state index < -0.39 is 6.10 Å². The smallest absolute Gasteiger partial charge is 0.306 e. The second-order valence-electron chi connectivity index (χ2n) is 22.5. The van der Waals surface area contributed by atoms with E-state index in [0.29, 0.717) is 12.8 Å². The molecular weight excluding hydrogens is 1000 g/mol. The topological polar surface area (TPSA) is 72.8 Å². The summed E-state index contributed by atoms with van der Waals surface area (Å²) in [5.41, 5.74) is 0. The molecule has 0 bridgehead atoms. The zero-order valence-corrected chi connectivity index (χ0v) is 53.5. The van der Waals surface area contributed by atoms with Gasteiger partial charge in [-0.15, -0.1) is 0 Å². The molecule has 1 unspecified atom stereocenters. The molecule has 0 aromatic rings. The molecule has 0 saturated heterocycles. The summed E-state index contributed by atoms with van der Waals surface area (Å²) in [5.74, 6) is -0.660. The summed E-state index contributed by atoms with van der Waals surface area (Å²) in [6, 6.07) is 0. The maximum atomic E-state index is 12.3. The van der Waals surface area contributed by atoms with Gasteiger partial charge in [-0.2, -0.15) is 0 Å². The van der Waals surface area contributed by atoms with Crippen molar-refractivity contribution in [3.8, 4) is 0 Å². The first kappa shape index (κ1) is 77.8. The van der Waals surface area contributed by atoms with Crippen molar-refractivity contribution in [2.75, 3.05) is 13.2 Å². The van der Waals surface area contributed by atoms with Crippen molar-refractivity contribution in [1.82, 2.24) is 0 Å². The Hall–Kier alpha value is -4.22. The molecule has 0 aromatic heterocycles. The van der Waals surface area contributed by atoms with Crippen LogP contribution >= 0.6 is 0 Å². The highest BCUT2D eigenvalue weighted by molar-refractivity contribution is 5.70. The Kier molecular flexibility index (Phi) is 67.4. The van der Waals surface area contributed by atoms with Gasteiger partial charge in [0.05, 0.1) is 6.61 Å². The summed E-state index contributed by atoms with van der Waals surface area (Å²) in [7, 11) is 0. The molecule has 0 aliphatic rings. The van der Waals surface area contributed by atoms with Crippen LogP contribution in [0.15, 0.2) is 146 Å². The highest BCUT2D eigenvalue weighted by Crippen LogP contribution is 2.17. The third-order valence-electron chi connectivity index (χ3n) is 14.6. The fourth-order valence-corrected chi connectivity index (χ4v) is 9.51. The highest BCUT2D eigenvalue weighted by atomic mass is 16.6. The van der Waals surface area contributed by atoms with E-state index in [2.05, 4.69) is 160 Å². The number of allylic oxidation sites excluding steroid dienone is 24. The summed E-state index contributed by atoms with van der Waals surface area (Å²) in [5, 5.41) is 9.68. The van der Waals surface area contributed by atoms with Crippen LogP contribution in [0, 0.1) is 0 Å². The lowest BCUT2D eigenvalue weighted by molar-refractivity contribution is -0.161. The number of hydrogen-bond donors (Lipinski definition) is 1. The molecule has 82 heavy (non-hydrogen) atoms. The monoisotopic (exact) mass is 1130 g/mol. The summed E-state index contributed by atoms with van der Waals surface area (Å²) >= 11 is 0. The number of carbonyl (C=O) groups excluding carboxylic acids is 2. The average molecular weight is 1130 g/mol. The maximum Gasteiger partial charge on any atom is 0.306 e. The predicted molar refractivity (Wildman–Crippen MR) is 361 cm³/mol. The molecule has 1 N–H and O–H groups in total. The number of unbranched alkanes of at least 4 members (excludes halogenated alkanes) is 30. The largest absolute Gasteiger partial charge is 0.462 e. The zero-order valence-electron chi connectivity index (χ0n) is 53.5. The molecule has 0 heterocycles. The molecule has 0 radical (unpaired) electrons. The van der Waals surface area contributed by atoms with Crippen LogP contribution in [0.3, 0.4) is 0 Å². The molecule has 0 fully saturated rings. The Morgan fingerprint density at radius 2 is 0.537 bits per heavy atom. The first-order valence-electron chi connectivity index (χ1n) is 34.4. The van der Waals surface area contributed by atoms with E-state index in [9.17, 15) is 14.7 Å². The normalized spacial score (nSPS) is 13.2. The lowest BCUT2D eigenvalue weighted by Gasteiger charge is -2.15. The molecule has 1 atom stereocenters. The number of aliphatic hydroxyl groups is 1. The third kappa shape index (κ3) is 68.3. The van der Waals surface area contributed by atoms with Gasteiger partial charge >= 0.3 is 11.9 Å². The zero-order chi connectivity index (χ0) is 59.1. The SMILES string of the molecule is CC/C=C\C/C=C\C/C=C\C/C=C\C/C=C\C/C=C\C/C=C\C/C=C\C/C=C\CCCC(=O)OC(CO)COC(=O)CCCCCCCCCCCCCCCCCCCCCCCCCC/C=C\C/C=C\C/C=C\CCCCCCC. The molecule has 0 aromatic carbocycles.